The molecule has 9 atom stereocenters. The van der Waals surface area contributed by atoms with Gasteiger partial charge in [0.1, 0.15) is 6.10 Å². The number of allylic oxidation sites excluding steroid dienone is 2. The topological polar surface area (TPSA) is 148 Å². The molecule has 1 saturated carbocycles. The van der Waals surface area contributed by atoms with E-state index in [1.54, 1.807) is 26.0 Å². The molecule has 0 aromatic carbocycles. The Hall–Kier alpha value is -2.21. The number of nitriles is 1. The van der Waals surface area contributed by atoms with Crippen LogP contribution in [-0.4, -0.2) is 56.3 Å². The second-order valence-electron chi connectivity index (χ2n) is 11.4. The fraction of sp³-hybridized carbons (Fsp3) is 0.750. The summed E-state index contributed by atoms with van der Waals surface area (Å²) in [6.45, 7) is 7.34. The van der Waals surface area contributed by atoms with Gasteiger partial charge in [0.2, 0.25) is 0 Å². The lowest BCUT2D eigenvalue weighted by Crippen LogP contribution is -2.35. The Morgan fingerprint density at radius 1 is 1.17 bits per heavy atom. The van der Waals surface area contributed by atoms with E-state index in [4.69, 9.17) is 4.74 Å². The van der Waals surface area contributed by atoms with Crippen LogP contribution in [0, 0.1) is 40.9 Å². The molecule has 0 saturated heterocycles. The first-order chi connectivity index (χ1) is 16.8. The molecule has 4 N–H and O–H groups in total. The van der Waals surface area contributed by atoms with Crippen molar-refractivity contribution in [3.05, 3.63) is 23.8 Å². The summed E-state index contributed by atoms with van der Waals surface area (Å²) in [6.07, 6.45) is 5.51. The molecule has 0 aromatic heterocycles. The Labute approximate surface area is 214 Å². The molecular weight excluding hydrogens is 462 g/mol. The quantitative estimate of drug-likeness (QED) is 0.415. The van der Waals surface area contributed by atoms with Crippen LogP contribution in [0.1, 0.15) is 79.1 Å². The van der Waals surface area contributed by atoms with Gasteiger partial charge in [-0.15, -0.1) is 0 Å². The van der Waals surface area contributed by atoms with Crippen molar-refractivity contribution in [2.24, 2.45) is 29.6 Å². The van der Waals surface area contributed by atoms with Crippen LogP contribution in [0.3, 0.4) is 0 Å². The summed E-state index contributed by atoms with van der Waals surface area (Å²) in [6, 6.07) is 2.03. The molecule has 0 bridgehead atoms. The van der Waals surface area contributed by atoms with Gasteiger partial charge >= 0.3 is 11.9 Å². The molecule has 2 rings (SSSR count). The fourth-order valence-electron chi connectivity index (χ4n) is 6.05. The molecule has 8 nitrogen and oxygen atoms in total. The van der Waals surface area contributed by atoms with Crippen LogP contribution in [0.2, 0.25) is 0 Å². The van der Waals surface area contributed by atoms with E-state index in [9.17, 15) is 35.3 Å². The molecule has 202 valence electrons. The average Bonchev–Trinajstić information content (AvgIpc) is 3.26. The van der Waals surface area contributed by atoms with Crippen LogP contribution in [0.25, 0.3) is 0 Å². The fourth-order valence-corrected chi connectivity index (χ4v) is 6.05. The molecule has 0 radical (unpaired) electrons. The van der Waals surface area contributed by atoms with Crippen molar-refractivity contribution in [3.8, 4) is 6.07 Å². The minimum absolute atomic E-state index is 0.0420. The summed E-state index contributed by atoms with van der Waals surface area (Å²) in [5.41, 5.74) is -0.904. The number of hydrogen-bond donors (Lipinski definition) is 4. The van der Waals surface area contributed by atoms with E-state index in [2.05, 4.69) is 0 Å². The van der Waals surface area contributed by atoms with Gasteiger partial charge in [-0.05, 0) is 62.9 Å². The normalized spacial score (nSPS) is 42.2. The van der Waals surface area contributed by atoms with Crippen LogP contribution >= 0.6 is 0 Å². The number of aliphatic hydroxyl groups is 3. The van der Waals surface area contributed by atoms with Gasteiger partial charge in [-0.2, -0.15) is 5.26 Å². The molecule has 0 amide bonds. The number of aliphatic carboxylic acids is 1. The van der Waals surface area contributed by atoms with Gasteiger partial charge in [0.05, 0.1) is 41.8 Å². The average molecular weight is 506 g/mol. The molecule has 1 fully saturated rings. The van der Waals surface area contributed by atoms with Gasteiger partial charge in [0.15, 0.2) is 0 Å². The zero-order chi connectivity index (χ0) is 27.0. The van der Waals surface area contributed by atoms with Crippen molar-refractivity contribution < 1.29 is 34.8 Å². The third-order valence-electron chi connectivity index (χ3n) is 7.77. The van der Waals surface area contributed by atoms with E-state index in [1.165, 1.54) is 6.08 Å². The molecular formula is C28H43NO7. The number of carboxylic acids is 1. The van der Waals surface area contributed by atoms with E-state index < -0.39 is 41.8 Å². The van der Waals surface area contributed by atoms with Crippen molar-refractivity contribution in [1.29, 1.82) is 5.26 Å². The number of carbonyl (C=O) groups excluding carboxylic acids is 1. The highest BCUT2D eigenvalue weighted by Crippen LogP contribution is 2.37. The molecule has 1 heterocycles. The molecule has 0 spiro atoms. The first kappa shape index (κ1) is 30.0. The number of carboxylic acid groups (broad SMARTS) is 1. The van der Waals surface area contributed by atoms with E-state index in [1.807, 2.05) is 19.9 Å². The SMILES string of the molecule is C[C@@H]1C[C@H](C)[C@@H](O)CC(=O)O[C@H]([C@@H]2CCC[C@H]2C(=O)O)C/C=C/C=C(/C#N)[C@H](O)[C@@H](C)CC(C)(O)C1. The standard InChI is InChI=1S/C28H43NO7/c1-17-12-18(2)23(30)13-25(31)36-24(21-9-7-10-22(21)27(33)34)11-6-5-8-20(16-29)26(32)19(3)15-28(4,35)14-17/h5-6,8,17-19,21-24,26,30,32,35H,7,9-15H2,1-4H3,(H,33,34)/b6-5+,20-8-/t17-,18+,19+,21-,22-,23+,24+,26-,28?/m1/s1. The Morgan fingerprint density at radius 3 is 2.50 bits per heavy atom. The minimum Gasteiger partial charge on any atom is -0.481 e. The Bertz CT molecular complexity index is 858. The summed E-state index contributed by atoms with van der Waals surface area (Å²) < 4.78 is 5.74. The smallest absolute Gasteiger partial charge is 0.308 e. The molecule has 8 heteroatoms. The van der Waals surface area contributed by atoms with E-state index in [0.29, 0.717) is 32.1 Å². The number of rotatable bonds is 2. The van der Waals surface area contributed by atoms with Crippen LogP contribution in [0.5, 0.6) is 0 Å². The van der Waals surface area contributed by atoms with E-state index in [0.717, 1.165) is 6.42 Å². The van der Waals surface area contributed by atoms with Crippen LogP contribution in [0.4, 0.5) is 0 Å². The zero-order valence-corrected chi connectivity index (χ0v) is 22.0. The second-order valence-corrected chi connectivity index (χ2v) is 11.4. The summed E-state index contributed by atoms with van der Waals surface area (Å²) in [5, 5.41) is 51.6. The molecule has 1 unspecified atom stereocenters. The third kappa shape index (κ3) is 8.72. The molecule has 36 heavy (non-hydrogen) atoms. The first-order valence-corrected chi connectivity index (χ1v) is 13.1. The maximum absolute atomic E-state index is 12.8. The molecule has 1 aliphatic carbocycles. The molecule has 0 aromatic rings. The monoisotopic (exact) mass is 505 g/mol. The number of hydrogen-bond acceptors (Lipinski definition) is 7. The number of ether oxygens (including phenoxy) is 1. The van der Waals surface area contributed by atoms with Crippen molar-refractivity contribution in [2.45, 2.75) is 103 Å². The Morgan fingerprint density at radius 2 is 1.86 bits per heavy atom. The maximum Gasteiger partial charge on any atom is 0.308 e. The van der Waals surface area contributed by atoms with Gasteiger partial charge in [-0.25, -0.2) is 0 Å². The third-order valence-corrected chi connectivity index (χ3v) is 7.77. The second kappa shape index (κ2) is 13.4. The van der Waals surface area contributed by atoms with Crippen molar-refractivity contribution in [1.82, 2.24) is 0 Å². The lowest BCUT2D eigenvalue weighted by atomic mass is 9.79. The van der Waals surface area contributed by atoms with Crippen molar-refractivity contribution in [2.75, 3.05) is 0 Å². The van der Waals surface area contributed by atoms with Crippen molar-refractivity contribution in [3.63, 3.8) is 0 Å². The van der Waals surface area contributed by atoms with Gasteiger partial charge in [0, 0.05) is 12.3 Å². The summed E-state index contributed by atoms with van der Waals surface area (Å²) >= 11 is 0. The predicted molar refractivity (Wildman–Crippen MR) is 134 cm³/mol. The summed E-state index contributed by atoms with van der Waals surface area (Å²) in [5.74, 6) is -2.93. The van der Waals surface area contributed by atoms with Gasteiger partial charge in [-0.1, -0.05) is 39.3 Å². The highest BCUT2D eigenvalue weighted by molar-refractivity contribution is 5.72. The zero-order valence-electron chi connectivity index (χ0n) is 22.0. The van der Waals surface area contributed by atoms with Crippen LogP contribution in [-0.2, 0) is 14.3 Å². The highest BCUT2D eigenvalue weighted by atomic mass is 16.5. The largest absolute Gasteiger partial charge is 0.481 e. The Balaban J connectivity index is 2.34. The van der Waals surface area contributed by atoms with E-state index in [-0.39, 0.29) is 42.1 Å². The number of nitrogens with zero attached hydrogens (tertiary/aromatic N) is 1. The van der Waals surface area contributed by atoms with Gasteiger partial charge < -0.3 is 25.2 Å². The van der Waals surface area contributed by atoms with Gasteiger partial charge in [0.25, 0.3) is 0 Å². The lowest BCUT2D eigenvalue weighted by Gasteiger charge is -2.32. The molecule has 1 aliphatic heterocycles. The van der Waals surface area contributed by atoms with Gasteiger partial charge in [-0.3, -0.25) is 9.59 Å². The van der Waals surface area contributed by atoms with Crippen LogP contribution < -0.4 is 0 Å². The molecule has 2 aliphatic rings. The highest BCUT2D eigenvalue weighted by Gasteiger charge is 2.40. The maximum atomic E-state index is 12.8. The summed E-state index contributed by atoms with van der Waals surface area (Å²) in [4.78, 5) is 24.5. The number of aliphatic hydroxyl groups excluding tert-OH is 2. The van der Waals surface area contributed by atoms with E-state index >= 15 is 0 Å². The lowest BCUT2D eigenvalue weighted by molar-refractivity contribution is -0.159. The van der Waals surface area contributed by atoms with Crippen molar-refractivity contribution >= 4 is 11.9 Å². The van der Waals surface area contributed by atoms with Crippen LogP contribution in [0.15, 0.2) is 23.8 Å². The number of carbonyl (C=O) groups is 2. The minimum atomic E-state index is -1.07. The predicted octanol–water partition coefficient (Wildman–Crippen LogP) is 3.75. The number of cyclic esters (lactones) is 1. The first-order valence-electron chi connectivity index (χ1n) is 13.1. The summed E-state index contributed by atoms with van der Waals surface area (Å²) in [7, 11) is 0. The Kier molecular flexibility index (Phi) is 11.1. The number of esters is 1.